The third-order valence-electron chi connectivity index (χ3n) is 1.93. The fraction of sp³-hybridized carbons (Fsp3) is 0.500. The molecular weight excluding hydrogens is 196 g/mol. The van der Waals surface area contributed by atoms with E-state index in [1.165, 1.54) is 6.07 Å². The number of H-pyrrole nitrogens is 1. The molecule has 15 heavy (non-hydrogen) atoms. The molecule has 1 rings (SSSR count). The van der Waals surface area contributed by atoms with Crippen LogP contribution in [0.2, 0.25) is 0 Å². The van der Waals surface area contributed by atoms with Crippen LogP contribution >= 0.6 is 0 Å². The summed E-state index contributed by atoms with van der Waals surface area (Å²) < 4.78 is 0. The number of aromatic nitrogens is 2. The molecule has 1 aromatic rings. The number of nitrogens with zero attached hydrogens (tertiary/aromatic N) is 1. The third kappa shape index (κ3) is 3.93. The van der Waals surface area contributed by atoms with Crippen LogP contribution < -0.4 is 5.56 Å². The highest BCUT2D eigenvalue weighted by atomic mass is 16.4. The SMILES string of the molecule is CCCc1cc(=O)[nH]c(CCC(=O)O)n1. The fourth-order valence-corrected chi connectivity index (χ4v) is 1.29. The summed E-state index contributed by atoms with van der Waals surface area (Å²) in [4.78, 5) is 28.2. The van der Waals surface area contributed by atoms with E-state index in [4.69, 9.17) is 5.11 Å². The van der Waals surface area contributed by atoms with Crippen molar-refractivity contribution in [2.24, 2.45) is 0 Å². The predicted molar refractivity (Wildman–Crippen MR) is 54.8 cm³/mol. The van der Waals surface area contributed by atoms with E-state index >= 15 is 0 Å². The van der Waals surface area contributed by atoms with E-state index in [-0.39, 0.29) is 18.4 Å². The third-order valence-corrected chi connectivity index (χ3v) is 1.93. The van der Waals surface area contributed by atoms with Crippen molar-refractivity contribution in [3.8, 4) is 0 Å². The summed E-state index contributed by atoms with van der Waals surface area (Å²) in [6.45, 7) is 2.00. The van der Waals surface area contributed by atoms with Gasteiger partial charge in [-0.05, 0) is 6.42 Å². The van der Waals surface area contributed by atoms with Gasteiger partial charge in [-0.3, -0.25) is 9.59 Å². The molecular formula is C10H14N2O3. The maximum absolute atomic E-state index is 11.2. The molecule has 0 bridgehead atoms. The Balaban J connectivity index is 2.79. The zero-order chi connectivity index (χ0) is 11.3. The van der Waals surface area contributed by atoms with Gasteiger partial charge in [0.25, 0.3) is 5.56 Å². The summed E-state index contributed by atoms with van der Waals surface area (Å²) in [7, 11) is 0. The number of carboxylic acids is 1. The molecule has 0 aliphatic rings. The first-order chi connectivity index (χ1) is 7.11. The molecule has 0 unspecified atom stereocenters. The second-order valence-electron chi connectivity index (χ2n) is 3.33. The lowest BCUT2D eigenvalue weighted by molar-refractivity contribution is -0.137. The zero-order valence-corrected chi connectivity index (χ0v) is 8.62. The average molecular weight is 210 g/mol. The Hall–Kier alpha value is -1.65. The van der Waals surface area contributed by atoms with E-state index in [0.717, 1.165) is 18.5 Å². The highest BCUT2D eigenvalue weighted by Crippen LogP contribution is 1.99. The Morgan fingerprint density at radius 1 is 1.53 bits per heavy atom. The number of carboxylic acid groups (broad SMARTS) is 1. The van der Waals surface area contributed by atoms with Crippen LogP contribution in [0.1, 0.15) is 31.3 Å². The van der Waals surface area contributed by atoms with Gasteiger partial charge < -0.3 is 10.1 Å². The van der Waals surface area contributed by atoms with Crippen molar-refractivity contribution in [3.63, 3.8) is 0 Å². The van der Waals surface area contributed by atoms with Crippen molar-refractivity contribution < 1.29 is 9.90 Å². The Morgan fingerprint density at radius 3 is 2.87 bits per heavy atom. The van der Waals surface area contributed by atoms with Crippen molar-refractivity contribution in [1.29, 1.82) is 0 Å². The van der Waals surface area contributed by atoms with Crippen LogP contribution in [-0.2, 0) is 17.6 Å². The number of aromatic amines is 1. The molecule has 82 valence electrons. The van der Waals surface area contributed by atoms with Gasteiger partial charge in [0.1, 0.15) is 5.82 Å². The highest BCUT2D eigenvalue weighted by molar-refractivity contribution is 5.66. The van der Waals surface area contributed by atoms with E-state index < -0.39 is 5.97 Å². The number of carbonyl (C=O) groups is 1. The molecule has 0 amide bonds. The van der Waals surface area contributed by atoms with Gasteiger partial charge >= 0.3 is 5.97 Å². The molecule has 0 aromatic carbocycles. The zero-order valence-electron chi connectivity index (χ0n) is 8.62. The monoisotopic (exact) mass is 210 g/mol. The molecule has 1 aromatic heterocycles. The van der Waals surface area contributed by atoms with Crippen LogP contribution in [0.3, 0.4) is 0 Å². The Bertz CT molecular complexity index is 398. The summed E-state index contributed by atoms with van der Waals surface area (Å²) in [5.41, 5.74) is 0.510. The lowest BCUT2D eigenvalue weighted by atomic mass is 10.2. The van der Waals surface area contributed by atoms with Gasteiger partial charge in [0, 0.05) is 18.2 Å². The van der Waals surface area contributed by atoms with Crippen LogP contribution in [0.5, 0.6) is 0 Å². The molecule has 0 saturated carbocycles. The number of aliphatic carboxylic acids is 1. The standard InChI is InChI=1S/C10H14N2O3/c1-2-3-7-6-9(13)12-8(11-7)4-5-10(14)15/h6H,2-5H2,1H3,(H,14,15)(H,11,12,13). The molecule has 1 heterocycles. The second-order valence-corrected chi connectivity index (χ2v) is 3.33. The maximum Gasteiger partial charge on any atom is 0.303 e. The van der Waals surface area contributed by atoms with Gasteiger partial charge in [-0.1, -0.05) is 13.3 Å². The summed E-state index contributed by atoms with van der Waals surface area (Å²) in [6.07, 6.45) is 1.90. The van der Waals surface area contributed by atoms with Gasteiger partial charge in [-0.2, -0.15) is 0 Å². The minimum absolute atomic E-state index is 0.0154. The minimum atomic E-state index is -0.890. The molecule has 0 fully saturated rings. The Kier molecular flexibility index (Phi) is 4.03. The number of hydrogen-bond donors (Lipinski definition) is 2. The van der Waals surface area contributed by atoms with E-state index in [9.17, 15) is 9.59 Å². The van der Waals surface area contributed by atoms with Gasteiger partial charge in [0.2, 0.25) is 0 Å². The van der Waals surface area contributed by atoms with Gasteiger partial charge in [-0.25, -0.2) is 4.98 Å². The van der Waals surface area contributed by atoms with Crippen LogP contribution in [0, 0.1) is 0 Å². The van der Waals surface area contributed by atoms with Crippen molar-refractivity contribution in [3.05, 3.63) is 27.9 Å². The Morgan fingerprint density at radius 2 is 2.27 bits per heavy atom. The summed E-state index contributed by atoms with van der Waals surface area (Å²) in [6, 6.07) is 1.45. The lowest BCUT2D eigenvalue weighted by Crippen LogP contribution is -2.13. The second kappa shape index (κ2) is 5.29. The quantitative estimate of drug-likeness (QED) is 0.750. The molecule has 0 saturated heterocycles. The summed E-state index contributed by atoms with van der Waals surface area (Å²) in [5, 5.41) is 8.50. The largest absolute Gasteiger partial charge is 0.481 e. The van der Waals surface area contributed by atoms with Crippen LogP contribution in [0.4, 0.5) is 0 Å². The molecule has 0 atom stereocenters. The molecule has 0 aliphatic carbocycles. The van der Waals surface area contributed by atoms with Gasteiger partial charge in [0.15, 0.2) is 0 Å². The van der Waals surface area contributed by atoms with Gasteiger partial charge in [0.05, 0.1) is 6.42 Å². The van der Waals surface area contributed by atoms with Crippen molar-refractivity contribution in [2.75, 3.05) is 0 Å². The number of hydrogen-bond acceptors (Lipinski definition) is 3. The van der Waals surface area contributed by atoms with Crippen molar-refractivity contribution in [2.45, 2.75) is 32.6 Å². The van der Waals surface area contributed by atoms with E-state index in [1.54, 1.807) is 0 Å². The predicted octanol–water partition coefficient (Wildman–Crippen LogP) is 0.740. The summed E-state index contributed by atoms with van der Waals surface area (Å²) in [5.74, 6) is -0.438. The normalized spacial score (nSPS) is 10.2. The molecule has 2 N–H and O–H groups in total. The number of nitrogens with one attached hydrogen (secondary N) is 1. The van der Waals surface area contributed by atoms with Crippen molar-refractivity contribution >= 4 is 5.97 Å². The topological polar surface area (TPSA) is 83.0 Å². The Labute approximate surface area is 87.2 Å². The van der Waals surface area contributed by atoms with Crippen LogP contribution in [-0.4, -0.2) is 21.0 Å². The first-order valence-corrected chi connectivity index (χ1v) is 4.92. The van der Waals surface area contributed by atoms with Gasteiger partial charge in [-0.15, -0.1) is 0 Å². The molecule has 0 radical (unpaired) electrons. The average Bonchev–Trinajstić information content (AvgIpc) is 2.14. The molecule has 5 nitrogen and oxygen atoms in total. The first kappa shape index (κ1) is 11.4. The smallest absolute Gasteiger partial charge is 0.303 e. The van der Waals surface area contributed by atoms with Crippen molar-refractivity contribution in [1.82, 2.24) is 9.97 Å². The lowest BCUT2D eigenvalue weighted by Gasteiger charge is -2.01. The summed E-state index contributed by atoms with van der Waals surface area (Å²) >= 11 is 0. The highest BCUT2D eigenvalue weighted by Gasteiger charge is 2.03. The molecule has 5 heteroatoms. The minimum Gasteiger partial charge on any atom is -0.481 e. The van der Waals surface area contributed by atoms with Crippen LogP contribution in [0.25, 0.3) is 0 Å². The first-order valence-electron chi connectivity index (χ1n) is 4.92. The maximum atomic E-state index is 11.2. The van der Waals surface area contributed by atoms with E-state index in [1.807, 2.05) is 6.92 Å². The van der Waals surface area contributed by atoms with E-state index in [2.05, 4.69) is 9.97 Å². The molecule has 0 aliphatic heterocycles. The number of aryl methyl sites for hydroxylation is 2. The van der Waals surface area contributed by atoms with E-state index in [0.29, 0.717) is 5.82 Å². The molecule has 0 spiro atoms. The fourth-order valence-electron chi connectivity index (χ4n) is 1.29. The number of rotatable bonds is 5. The van der Waals surface area contributed by atoms with Crippen LogP contribution in [0.15, 0.2) is 10.9 Å².